The lowest BCUT2D eigenvalue weighted by Crippen LogP contribution is -2.17. The van der Waals surface area contributed by atoms with Gasteiger partial charge in [-0.25, -0.2) is 0 Å². The number of pyridine rings is 1. The van der Waals surface area contributed by atoms with Crippen molar-refractivity contribution in [3.05, 3.63) is 71.8 Å². The van der Waals surface area contributed by atoms with Crippen molar-refractivity contribution < 1.29 is 9.53 Å². The predicted molar refractivity (Wildman–Crippen MR) is 94.0 cm³/mol. The molecule has 0 spiro atoms. The van der Waals surface area contributed by atoms with Crippen LogP contribution in [0, 0.1) is 13.8 Å². The molecule has 1 aromatic carbocycles. The molecule has 0 bridgehead atoms. The molecule has 5 heteroatoms. The normalized spacial score (nSPS) is 10.5. The Morgan fingerprint density at radius 1 is 1.17 bits per heavy atom. The summed E-state index contributed by atoms with van der Waals surface area (Å²) in [4.78, 5) is 17.0. The highest BCUT2D eigenvalue weighted by Crippen LogP contribution is 2.26. The van der Waals surface area contributed by atoms with Gasteiger partial charge in [0.2, 0.25) is 0 Å². The van der Waals surface area contributed by atoms with E-state index in [1.807, 2.05) is 61.0 Å². The molecule has 0 unspecified atom stereocenters. The van der Waals surface area contributed by atoms with Gasteiger partial charge in [-0.2, -0.15) is 0 Å². The van der Waals surface area contributed by atoms with Crippen molar-refractivity contribution >= 4 is 11.6 Å². The van der Waals surface area contributed by atoms with Crippen LogP contribution in [0.15, 0.2) is 54.9 Å². The minimum atomic E-state index is -0.202. The summed E-state index contributed by atoms with van der Waals surface area (Å²) in [7, 11) is 1.59. The van der Waals surface area contributed by atoms with Gasteiger partial charge in [-0.05, 0) is 55.8 Å². The highest BCUT2D eigenvalue weighted by molar-refractivity contribution is 6.04. The zero-order valence-electron chi connectivity index (χ0n) is 13.9. The summed E-state index contributed by atoms with van der Waals surface area (Å²) in [5.41, 5.74) is 3.97. The molecule has 0 aliphatic heterocycles. The smallest absolute Gasteiger partial charge is 0.272 e. The summed E-state index contributed by atoms with van der Waals surface area (Å²) >= 11 is 0. The van der Waals surface area contributed by atoms with Crippen molar-refractivity contribution in [1.29, 1.82) is 0 Å². The van der Waals surface area contributed by atoms with Crippen LogP contribution in [0.5, 0.6) is 5.75 Å². The third kappa shape index (κ3) is 3.01. The van der Waals surface area contributed by atoms with Gasteiger partial charge >= 0.3 is 0 Å². The van der Waals surface area contributed by atoms with Gasteiger partial charge in [0.15, 0.2) is 0 Å². The minimum Gasteiger partial charge on any atom is -0.495 e. The predicted octanol–water partition coefficient (Wildman–Crippen LogP) is 3.75. The van der Waals surface area contributed by atoms with Crippen LogP contribution < -0.4 is 10.1 Å². The molecule has 0 aliphatic carbocycles. The maximum atomic E-state index is 12.8. The number of benzene rings is 1. The summed E-state index contributed by atoms with van der Waals surface area (Å²) < 4.78 is 7.15. The first-order valence-electron chi connectivity index (χ1n) is 7.65. The average Bonchev–Trinajstić information content (AvgIpc) is 3.05. The van der Waals surface area contributed by atoms with E-state index in [-0.39, 0.29) is 5.91 Å². The number of hydrogen-bond donors (Lipinski definition) is 1. The van der Waals surface area contributed by atoms with Crippen molar-refractivity contribution in [3.63, 3.8) is 0 Å². The zero-order valence-corrected chi connectivity index (χ0v) is 13.9. The lowest BCUT2D eigenvalue weighted by atomic mass is 10.2. The van der Waals surface area contributed by atoms with Gasteiger partial charge in [0.25, 0.3) is 5.91 Å². The molecule has 0 aliphatic rings. The number of nitrogens with one attached hydrogen (secondary N) is 1. The highest BCUT2D eigenvalue weighted by atomic mass is 16.5. The minimum absolute atomic E-state index is 0.202. The van der Waals surface area contributed by atoms with Crippen LogP contribution in [-0.4, -0.2) is 22.6 Å². The van der Waals surface area contributed by atoms with E-state index in [4.69, 9.17) is 4.74 Å². The molecule has 0 fully saturated rings. The molecule has 3 rings (SSSR count). The van der Waals surface area contributed by atoms with E-state index in [9.17, 15) is 4.79 Å². The second-order valence-corrected chi connectivity index (χ2v) is 5.53. The van der Waals surface area contributed by atoms with Gasteiger partial charge in [0, 0.05) is 12.4 Å². The lowest BCUT2D eigenvalue weighted by molar-refractivity contribution is 0.102. The average molecular weight is 321 g/mol. The maximum absolute atomic E-state index is 12.8. The third-order valence-electron chi connectivity index (χ3n) is 3.82. The topological polar surface area (TPSA) is 56.1 Å². The van der Waals surface area contributed by atoms with Crippen LogP contribution in [0.3, 0.4) is 0 Å². The molecule has 24 heavy (non-hydrogen) atoms. The van der Waals surface area contributed by atoms with E-state index in [1.165, 1.54) is 0 Å². The number of hydrogen-bond acceptors (Lipinski definition) is 3. The Morgan fingerprint density at radius 2 is 2.00 bits per heavy atom. The molecule has 2 heterocycles. The SMILES string of the molecule is COc1ccc(C)cc1NC(=O)c1cccn1-c1cccnc1C. The second kappa shape index (κ2) is 6.58. The molecule has 0 atom stereocenters. The fraction of sp³-hybridized carbons (Fsp3) is 0.158. The molecular formula is C19H19N3O2. The molecule has 122 valence electrons. The van der Waals surface area contributed by atoms with Crippen molar-refractivity contribution in [2.75, 3.05) is 12.4 Å². The van der Waals surface area contributed by atoms with Crippen LogP contribution in [0.1, 0.15) is 21.7 Å². The van der Waals surface area contributed by atoms with Crippen molar-refractivity contribution in [2.45, 2.75) is 13.8 Å². The molecule has 2 aromatic heterocycles. The Morgan fingerprint density at radius 3 is 2.75 bits per heavy atom. The monoisotopic (exact) mass is 321 g/mol. The van der Waals surface area contributed by atoms with Gasteiger partial charge in [-0.1, -0.05) is 6.07 Å². The van der Waals surface area contributed by atoms with E-state index < -0.39 is 0 Å². The van der Waals surface area contributed by atoms with Crippen LogP contribution in [-0.2, 0) is 0 Å². The summed E-state index contributed by atoms with van der Waals surface area (Å²) in [6, 6.07) is 13.1. The summed E-state index contributed by atoms with van der Waals surface area (Å²) in [6.07, 6.45) is 3.59. The van der Waals surface area contributed by atoms with Crippen molar-refractivity contribution in [2.24, 2.45) is 0 Å². The summed E-state index contributed by atoms with van der Waals surface area (Å²) in [5.74, 6) is 0.428. The zero-order chi connectivity index (χ0) is 17.1. The molecular weight excluding hydrogens is 302 g/mol. The lowest BCUT2D eigenvalue weighted by Gasteiger charge is -2.13. The van der Waals surface area contributed by atoms with E-state index >= 15 is 0 Å². The first-order chi connectivity index (χ1) is 11.6. The molecule has 0 saturated heterocycles. The molecule has 1 amide bonds. The summed E-state index contributed by atoms with van der Waals surface area (Å²) in [5, 5.41) is 2.93. The van der Waals surface area contributed by atoms with Crippen LogP contribution in [0.25, 0.3) is 5.69 Å². The number of aryl methyl sites for hydroxylation is 2. The number of aromatic nitrogens is 2. The van der Waals surface area contributed by atoms with Crippen LogP contribution in [0.4, 0.5) is 5.69 Å². The number of ether oxygens (including phenoxy) is 1. The third-order valence-corrected chi connectivity index (χ3v) is 3.82. The van der Waals surface area contributed by atoms with Crippen LogP contribution >= 0.6 is 0 Å². The number of nitrogens with zero attached hydrogens (tertiary/aromatic N) is 2. The standard InChI is InChI=1S/C19H19N3O2/c1-13-8-9-18(24-3)15(12-13)21-19(23)17-7-5-11-22(17)16-6-4-10-20-14(16)2/h4-12H,1-3H3,(H,21,23). The molecule has 1 N–H and O–H groups in total. The first-order valence-corrected chi connectivity index (χ1v) is 7.65. The van der Waals surface area contributed by atoms with Gasteiger partial charge in [-0.15, -0.1) is 0 Å². The van der Waals surface area contributed by atoms with Crippen molar-refractivity contribution in [3.8, 4) is 11.4 Å². The Balaban J connectivity index is 1.94. The quantitative estimate of drug-likeness (QED) is 0.796. The Labute approximate surface area is 140 Å². The number of anilines is 1. The number of carbonyl (C=O) groups is 1. The van der Waals surface area contributed by atoms with Gasteiger partial charge < -0.3 is 14.6 Å². The number of methoxy groups -OCH3 is 1. The summed E-state index contributed by atoms with van der Waals surface area (Å²) in [6.45, 7) is 3.89. The van der Waals surface area contributed by atoms with E-state index in [0.29, 0.717) is 17.1 Å². The Kier molecular flexibility index (Phi) is 4.33. The van der Waals surface area contributed by atoms with Gasteiger partial charge in [-0.3, -0.25) is 9.78 Å². The molecule has 5 nitrogen and oxygen atoms in total. The maximum Gasteiger partial charge on any atom is 0.272 e. The van der Waals surface area contributed by atoms with E-state index in [2.05, 4.69) is 10.3 Å². The highest BCUT2D eigenvalue weighted by Gasteiger charge is 2.15. The Hall–Kier alpha value is -3.08. The van der Waals surface area contributed by atoms with Gasteiger partial charge in [0.1, 0.15) is 11.4 Å². The van der Waals surface area contributed by atoms with Crippen molar-refractivity contribution in [1.82, 2.24) is 9.55 Å². The molecule has 3 aromatic rings. The first kappa shape index (κ1) is 15.8. The van der Waals surface area contributed by atoms with E-state index in [1.54, 1.807) is 19.4 Å². The second-order valence-electron chi connectivity index (χ2n) is 5.53. The van der Waals surface area contributed by atoms with Gasteiger partial charge in [0.05, 0.1) is 24.2 Å². The molecule has 0 saturated carbocycles. The fourth-order valence-electron chi connectivity index (χ4n) is 2.61. The largest absolute Gasteiger partial charge is 0.495 e. The fourth-order valence-corrected chi connectivity index (χ4v) is 2.61. The molecule has 0 radical (unpaired) electrons. The Bertz CT molecular complexity index is 884. The number of carbonyl (C=O) groups excluding carboxylic acids is 1. The number of amides is 1. The van der Waals surface area contributed by atoms with Crippen LogP contribution in [0.2, 0.25) is 0 Å². The number of rotatable bonds is 4. The van der Waals surface area contributed by atoms with E-state index in [0.717, 1.165) is 16.9 Å².